The number of methoxy groups -OCH3 is 1. The fourth-order valence-corrected chi connectivity index (χ4v) is 3.96. The standard InChI is InChI=1S/C15H12N2O.C9H14N2O3S/c1-9-4-2-5-10-8-11-6-3-7-12(15(16)18)14(11)17-13(9)10;1-10-8-5-4-7(6-9(8)14-2)11-15(3,12)13/h2-8H,1H3,(H2,16,18);4-6,10-11H,1-3H3. The van der Waals surface area contributed by atoms with Crippen LogP contribution in [-0.2, 0) is 10.0 Å². The van der Waals surface area contributed by atoms with Crippen molar-refractivity contribution >= 4 is 49.1 Å². The maximum atomic E-state index is 11.4. The summed E-state index contributed by atoms with van der Waals surface area (Å²) in [4.78, 5) is 16.0. The van der Waals surface area contributed by atoms with Crippen molar-refractivity contribution in [2.75, 3.05) is 30.5 Å². The van der Waals surface area contributed by atoms with Gasteiger partial charge in [-0.3, -0.25) is 9.52 Å². The number of benzene rings is 3. The van der Waals surface area contributed by atoms with E-state index < -0.39 is 15.9 Å². The molecule has 0 saturated heterocycles. The molecular weight excluding hydrogens is 440 g/mol. The fourth-order valence-electron chi connectivity index (χ4n) is 3.41. The van der Waals surface area contributed by atoms with E-state index in [1.165, 1.54) is 7.11 Å². The highest BCUT2D eigenvalue weighted by molar-refractivity contribution is 7.92. The average Bonchev–Trinajstić information content (AvgIpc) is 2.77. The minimum absolute atomic E-state index is 0.443. The molecule has 1 heterocycles. The Kier molecular flexibility index (Phi) is 7.03. The van der Waals surface area contributed by atoms with Gasteiger partial charge < -0.3 is 15.8 Å². The van der Waals surface area contributed by atoms with Crippen LogP contribution in [0, 0.1) is 6.92 Å². The molecule has 4 N–H and O–H groups in total. The van der Waals surface area contributed by atoms with Crippen LogP contribution in [0.4, 0.5) is 11.4 Å². The average molecular weight is 467 g/mol. The summed E-state index contributed by atoms with van der Waals surface area (Å²) in [6.07, 6.45) is 1.10. The number of pyridine rings is 1. The van der Waals surface area contributed by atoms with Crippen molar-refractivity contribution in [1.29, 1.82) is 0 Å². The number of carbonyl (C=O) groups is 1. The third-order valence-electron chi connectivity index (χ3n) is 4.91. The third-order valence-corrected chi connectivity index (χ3v) is 5.52. The number of amides is 1. The predicted octanol–water partition coefficient (Wildman–Crippen LogP) is 3.90. The second-order valence-corrected chi connectivity index (χ2v) is 9.16. The Bertz CT molecular complexity index is 1440. The molecule has 1 amide bonds. The molecule has 3 aromatic carbocycles. The summed E-state index contributed by atoms with van der Waals surface area (Å²) in [5.41, 5.74) is 9.82. The van der Waals surface area contributed by atoms with Gasteiger partial charge >= 0.3 is 0 Å². The van der Waals surface area contributed by atoms with Crippen LogP contribution in [0.2, 0.25) is 0 Å². The van der Waals surface area contributed by atoms with Gasteiger partial charge in [0.1, 0.15) is 5.75 Å². The molecule has 33 heavy (non-hydrogen) atoms. The van der Waals surface area contributed by atoms with Gasteiger partial charge in [-0.05, 0) is 36.8 Å². The van der Waals surface area contributed by atoms with Gasteiger partial charge in [0.05, 0.1) is 41.3 Å². The number of anilines is 2. The molecule has 0 radical (unpaired) electrons. The summed E-state index contributed by atoms with van der Waals surface area (Å²) in [6.45, 7) is 2.01. The molecule has 0 aliphatic carbocycles. The predicted molar refractivity (Wildman–Crippen MR) is 134 cm³/mol. The van der Waals surface area contributed by atoms with Crippen molar-refractivity contribution in [3.05, 3.63) is 71.8 Å². The highest BCUT2D eigenvalue weighted by atomic mass is 32.2. The molecule has 0 saturated carbocycles. The van der Waals surface area contributed by atoms with Crippen LogP contribution in [0.3, 0.4) is 0 Å². The molecule has 1 aromatic heterocycles. The Morgan fingerprint density at radius 2 is 1.67 bits per heavy atom. The number of nitrogens with one attached hydrogen (secondary N) is 2. The summed E-state index contributed by atoms with van der Waals surface area (Å²) in [7, 11) is 0.0459. The van der Waals surface area contributed by atoms with Gasteiger partial charge in [-0.1, -0.05) is 30.3 Å². The second-order valence-electron chi connectivity index (χ2n) is 7.42. The largest absolute Gasteiger partial charge is 0.495 e. The molecule has 172 valence electrons. The van der Waals surface area contributed by atoms with Crippen LogP contribution in [0.5, 0.6) is 5.75 Å². The topological polar surface area (TPSA) is 123 Å². The van der Waals surface area contributed by atoms with Gasteiger partial charge in [-0.25, -0.2) is 13.4 Å². The number of nitrogens with zero attached hydrogens (tertiary/aromatic N) is 1. The Labute approximate surface area is 192 Å². The number of hydrogen-bond acceptors (Lipinski definition) is 6. The van der Waals surface area contributed by atoms with E-state index in [2.05, 4.69) is 15.0 Å². The molecule has 0 aliphatic heterocycles. The number of nitrogens with two attached hydrogens (primary N) is 1. The normalized spacial score (nSPS) is 10.9. The van der Waals surface area contributed by atoms with Crippen LogP contribution in [0.25, 0.3) is 21.8 Å². The lowest BCUT2D eigenvalue weighted by Gasteiger charge is -2.10. The molecule has 8 nitrogen and oxygen atoms in total. The fraction of sp³-hybridized carbons (Fsp3) is 0.167. The van der Waals surface area contributed by atoms with Gasteiger partial charge in [-0.15, -0.1) is 0 Å². The van der Waals surface area contributed by atoms with E-state index in [4.69, 9.17) is 10.5 Å². The van der Waals surface area contributed by atoms with Gasteiger partial charge in [0.15, 0.2) is 0 Å². The SMILES string of the molecule is CNc1ccc(NS(C)(=O)=O)cc1OC.Cc1cccc2cc3cccc(C(N)=O)c3nc12. The first-order chi connectivity index (χ1) is 15.6. The molecule has 0 spiro atoms. The number of fused-ring (bicyclic) bond motifs is 2. The van der Waals surface area contributed by atoms with Gasteiger partial charge in [0.25, 0.3) is 5.91 Å². The molecule has 0 aliphatic rings. The number of sulfonamides is 1. The maximum absolute atomic E-state index is 11.4. The molecule has 0 unspecified atom stereocenters. The smallest absolute Gasteiger partial charge is 0.250 e. The Morgan fingerprint density at radius 3 is 2.27 bits per heavy atom. The van der Waals surface area contributed by atoms with E-state index in [1.54, 1.807) is 31.3 Å². The molecule has 9 heteroatoms. The summed E-state index contributed by atoms with van der Waals surface area (Å²) < 4.78 is 29.4. The summed E-state index contributed by atoms with van der Waals surface area (Å²) >= 11 is 0. The summed E-state index contributed by atoms with van der Waals surface area (Å²) in [5, 5.41) is 4.94. The summed E-state index contributed by atoms with van der Waals surface area (Å²) in [6, 6.07) is 18.6. The number of rotatable bonds is 5. The van der Waals surface area contributed by atoms with E-state index in [0.717, 1.165) is 33.8 Å². The number of primary amides is 1. The third kappa shape index (κ3) is 5.69. The van der Waals surface area contributed by atoms with Crippen molar-refractivity contribution in [3.8, 4) is 5.75 Å². The lowest BCUT2D eigenvalue weighted by molar-refractivity contribution is 0.100. The zero-order valence-corrected chi connectivity index (χ0v) is 19.7. The molecular formula is C24H26N4O4S. The van der Waals surface area contributed by atoms with Crippen LogP contribution in [0.15, 0.2) is 60.7 Å². The minimum Gasteiger partial charge on any atom is -0.495 e. The number of aromatic nitrogens is 1. The second kappa shape index (κ2) is 9.74. The highest BCUT2D eigenvalue weighted by Crippen LogP contribution is 2.27. The van der Waals surface area contributed by atoms with E-state index in [-0.39, 0.29) is 0 Å². The number of aryl methyl sites for hydroxylation is 1. The first kappa shape index (κ1) is 23.8. The Morgan fingerprint density at radius 1 is 1.00 bits per heavy atom. The van der Waals surface area contributed by atoms with Crippen LogP contribution in [-0.4, -0.2) is 39.7 Å². The van der Waals surface area contributed by atoms with Crippen molar-refractivity contribution in [2.45, 2.75) is 6.92 Å². The molecule has 4 rings (SSSR count). The summed E-state index contributed by atoms with van der Waals surface area (Å²) in [5.74, 6) is 0.146. The maximum Gasteiger partial charge on any atom is 0.250 e. The molecule has 0 bridgehead atoms. The van der Waals surface area contributed by atoms with E-state index in [9.17, 15) is 13.2 Å². The zero-order chi connectivity index (χ0) is 24.2. The highest BCUT2D eigenvalue weighted by Gasteiger charge is 2.09. The van der Waals surface area contributed by atoms with Crippen LogP contribution >= 0.6 is 0 Å². The first-order valence-corrected chi connectivity index (χ1v) is 11.9. The molecule has 0 atom stereocenters. The van der Waals surface area contributed by atoms with Crippen molar-refractivity contribution in [3.63, 3.8) is 0 Å². The van der Waals surface area contributed by atoms with Crippen LogP contribution in [0.1, 0.15) is 15.9 Å². The Balaban J connectivity index is 0.000000190. The van der Waals surface area contributed by atoms with E-state index in [0.29, 0.717) is 22.5 Å². The van der Waals surface area contributed by atoms with Crippen LogP contribution < -0.4 is 20.5 Å². The minimum atomic E-state index is -3.25. The quantitative estimate of drug-likeness (QED) is 0.383. The van der Waals surface area contributed by atoms with Crippen molar-refractivity contribution < 1.29 is 17.9 Å². The Hall–Kier alpha value is -3.85. The molecule has 4 aromatic rings. The number of carbonyl (C=O) groups excluding carboxylic acids is 1. The first-order valence-electron chi connectivity index (χ1n) is 10.1. The lowest BCUT2D eigenvalue weighted by Crippen LogP contribution is -2.11. The van der Waals surface area contributed by atoms with Crippen molar-refractivity contribution in [1.82, 2.24) is 4.98 Å². The molecule has 0 fully saturated rings. The van der Waals surface area contributed by atoms with Gasteiger partial charge in [0.2, 0.25) is 10.0 Å². The number of ether oxygens (including phenoxy) is 1. The van der Waals surface area contributed by atoms with Crippen molar-refractivity contribution in [2.24, 2.45) is 5.73 Å². The van der Waals surface area contributed by atoms with Gasteiger partial charge in [-0.2, -0.15) is 0 Å². The van der Waals surface area contributed by atoms with Gasteiger partial charge in [0, 0.05) is 23.9 Å². The van der Waals surface area contributed by atoms with E-state index in [1.807, 2.05) is 43.3 Å². The number of hydrogen-bond donors (Lipinski definition) is 3. The van der Waals surface area contributed by atoms with E-state index >= 15 is 0 Å². The lowest BCUT2D eigenvalue weighted by atomic mass is 10.0. The zero-order valence-electron chi connectivity index (χ0n) is 18.8. The monoisotopic (exact) mass is 466 g/mol. The number of para-hydroxylation sites is 2.